The van der Waals surface area contributed by atoms with Crippen LogP contribution in [0.3, 0.4) is 0 Å². The van der Waals surface area contributed by atoms with Gasteiger partial charge in [0, 0.05) is 45.4 Å². The molecule has 0 fully saturated rings. The maximum absolute atomic E-state index is 12.3. The molecule has 0 aromatic carbocycles. The number of nitrogens with zero attached hydrogens (tertiary/aromatic N) is 1. The van der Waals surface area contributed by atoms with Crippen LogP contribution in [0.4, 0.5) is 0 Å². The van der Waals surface area contributed by atoms with Crippen LogP contribution in [0.15, 0.2) is 33.0 Å². The minimum atomic E-state index is -0.860. The van der Waals surface area contributed by atoms with E-state index < -0.39 is 5.97 Å². The van der Waals surface area contributed by atoms with Gasteiger partial charge in [-0.2, -0.15) is 0 Å². The van der Waals surface area contributed by atoms with Crippen LogP contribution in [0, 0.1) is 13.8 Å². The second-order valence-corrected chi connectivity index (χ2v) is 10.4. The van der Waals surface area contributed by atoms with Crippen molar-refractivity contribution in [1.29, 1.82) is 0 Å². The fourth-order valence-electron chi connectivity index (χ4n) is 5.68. The highest BCUT2D eigenvalue weighted by Gasteiger charge is 2.24. The topological polar surface area (TPSA) is 127 Å². The van der Waals surface area contributed by atoms with Gasteiger partial charge in [-0.1, -0.05) is 20.8 Å². The van der Waals surface area contributed by atoms with Crippen LogP contribution in [0.2, 0.25) is 0 Å². The van der Waals surface area contributed by atoms with E-state index in [-0.39, 0.29) is 18.2 Å². The maximum Gasteiger partial charge on any atom is 0.303 e. The van der Waals surface area contributed by atoms with Crippen LogP contribution in [0.5, 0.6) is 0 Å². The number of carbonyl (C=O) groups is 3. The number of carbonyl (C=O) groups excluding carboxylic acids is 2. The molecule has 4 heterocycles. The quantitative estimate of drug-likeness (QED) is 0.381. The molecule has 0 saturated heterocycles. The molecule has 0 atom stereocenters. The van der Waals surface area contributed by atoms with Gasteiger partial charge in [-0.25, -0.2) is 4.99 Å². The van der Waals surface area contributed by atoms with Gasteiger partial charge in [0.15, 0.2) is 0 Å². The van der Waals surface area contributed by atoms with Gasteiger partial charge < -0.3 is 20.4 Å². The van der Waals surface area contributed by atoms with Gasteiger partial charge in [0.1, 0.15) is 0 Å². The van der Waals surface area contributed by atoms with Gasteiger partial charge in [-0.3, -0.25) is 14.4 Å². The van der Waals surface area contributed by atoms with Crippen molar-refractivity contribution in [2.75, 3.05) is 0 Å². The number of rotatable bonds is 9. The molecule has 210 valence electrons. The highest BCUT2D eigenvalue weighted by Crippen LogP contribution is 2.28. The monoisotopic (exact) mass is 542 g/mol. The molecule has 40 heavy (non-hydrogen) atoms. The molecule has 0 unspecified atom stereocenters. The molecule has 0 spiro atoms. The minimum Gasteiger partial charge on any atom is -0.481 e. The second kappa shape index (κ2) is 11.5. The fraction of sp³-hybridized carbons (Fsp3) is 0.375. The Balaban J connectivity index is 1.86. The molecule has 8 heteroatoms. The average Bonchev–Trinajstić information content (AvgIpc) is 3.55. The highest BCUT2D eigenvalue weighted by atomic mass is 16.4. The summed E-state index contributed by atoms with van der Waals surface area (Å²) in [5.74, 6) is -1.14. The molecule has 4 rings (SSSR count). The summed E-state index contributed by atoms with van der Waals surface area (Å²) >= 11 is 0. The largest absolute Gasteiger partial charge is 0.481 e. The summed E-state index contributed by atoms with van der Waals surface area (Å²) < 4.78 is 0. The average molecular weight is 543 g/mol. The SMILES string of the molecule is CCC1=C(C)C(=O)N=C1/C=c1\[nH]/c(=C/c2[nH]c(/C=C3\NC(=O)C(C)=C3CC)c(CCC(=O)O)c2C)c(CC)c1C. The van der Waals surface area contributed by atoms with Crippen molar-refractivity contribution in [1.82, 2.24) is 15.3 Å². The normalized spacial score (nSPS) is 17.7. The highest BCUT2D eigenvalue weighted by molar-refractivity contribution is 6.30. The van der Waals surface area contributed by atoms with Gasteiger partial charge >= 0.3 is 5.97 Å². The number of carboxylic acids is 1. The fourth-order valence-corrected chi connectivity index (χ4v) is 5.68. The molecule has 4 N–H and O–H groups in total. The Morgan fingerprint density at radius 2 is 1.50 bits per heavy atom. The Morgan fingerprint density at radius 1 is 0.800 bits per heavy atom. The molecule has 2 aliphatic heterocycles. The first-order valence-electron chi connectivity index (χ1n) is 13.9. The first-order chi connectivity index (χ1) is 19.0. The molecular formula is C32H38N4O4. The van der Waals surface area contributed by atoms with Crippen molar-refractivity contribution in [3.8, 4) is 0 Å². The van der Waals surface area contributed by atoms with Crippen LogP contribution >= 0.6 is 0 Å². The molecule has 0 bridgehead atoms. The summed E-state index contributed by atoms with van der Waals surface area (Å²) in [6.45, 7) is 13.8. The minimum absolute atomic E-state index is 0.00459. The number of hydrogen-bond acceptors (Lipinski definition) is 3. The standard InChI is InChI=1S/C32H38N4O4/c1-8-20-16(4)24(14-27-21(9-2)18(6)31(39)35-27)33-26(20)13-25-17(5)23(11-12-30(37)38)29(34-25)15-28-22(10-3)19(7)32(40)36-28/h13-15,33-34H,8-12H2,1-7H3,(H,36,40)(H,37,38)/b24-14-,26-13+,28-15-. The predicted molar refractivity (Wildman–Crippen MR) is 158 cm³/mol. The Kier molecular flexibility index (Phi) is 8.28. The summed E-state index contributed by atoms with van der Waals surface area (Å²) in [6.07, 6.45) is 8.57. The number of carboxylic acid groups (broad SMARTS) is 1. The Morgan fingerprint density at radius 3 is 2.12 bits per heavy atom. The van der Waals surface area contributed by atoms with E-state index in [1.54, 1.807) is 0 Å². The zero-order chi connectivity index (χ0) is 29.3. The van der Waals surface area contributed by atoms with Crippen molar-refractivity contribution in [3.63, 3.8) is 0 Å². The van der Waals surface area contributed by atoms with E-state index in [0.717, 1.165) is 74.0 Å². The second-order valence-electron chi connectivity index (χ2n) is 10.4. The third-order valence-electron chi connectivity index (χ3n) is 8.08. The number of hydrogen-bond donors (Lipinski definition) is 4. The van der Waals surface area contributed by atoms with Crippen LogP contribution in [-0.2, 0) is 27.2 Å². The van der Waals surface area contributed by atoms with E-state index in [0.29, 0.717) is 29.7 Å². The summed E-state index contributed by atoms with van der Waals surface area (Å²) in [4.78, 5) is 47.3. The molecule has 2 aromatic rings. The van der Waals surface area contributed by atoms with Gasteiger partial charge in [-0.05, 0) is 105 Å². The lowest BCUT2D eigenvalue weighted by Gasteiger charge is -2.05. The molecule has 2 aliphatic rings. The third-order valence-corrected chi connectivity index (χ3v) is 8.08. The van der Waals surface area contributed by atoms with E-state index in [2.05, 4.69) is 40.2 Å². The van der Waals surface area contributed by atoms with Crippen molar-refractivity contribution in [2.45, 2.75) is 80.6 Å². The zero-order valence-corrected chi connectivity index (χ0v) is 24.4. The first kappa shape index (κ1) is 28.8. The number of aromatic amines is 2. The van der Waals surface area contributed by atoms with Crippen molar-refractivity contribution >= 4 is 41.7 Å². The van der Waals surface area contributed by atoms with Crippen LogP contribution in [0.1, 0.15) is 87.5 Å². The molecule has 8 nitrogen and oxygen atoms in total. The summed E-state index contributed by atoms with van der Waals surface area (Å²) in [5.41, 5.74) is 10.6. The summed E-state index contributed by atoms with van der Waals surface area (Å²) in [7, 11) is 0. The van der Waals surface area contributed by atoms with Gasteiger partial charge in [-0.15, -0.1) is 0 Å². The van der Waals surface area contributed by atoms with Crippen molar-refractivity contribution in [2.24, 2.45) is 4.99 Å². The lowest BCUT2D eigenvalue weighted by molar-refractivity contribution is -0.137. The van der Waals surface area contributed by atoms with Gasteiger partial charge in [0.2, 0.25) is 0 Å². The van der Waals surface area contributed by atoms with Crippen LogP contribution in [-0.4, -0.2) is 38.6 Å². The Bertz CT molecular complexity index is 1670. The Hall–Kier alpha value is -4.20. The van der Waals surface area contributed by atoms with Crippen molar-refractivity contribution < 1.29 is 19.5 Å². The number of allylic oxidation sites excluding steroid dienone is 2. The maximum atomic E-state index is 12.3. The number of aliphatic carboxylic acids is 1. The van der Waals surface area contributed by atoms with Crippen LogP contribution < -0.4 is 16.0 Å². The van der Waals surface area contributed by atoms with Gasteiger partial charge in [0.25, 0.3) is 11.8 Å². The van der Waals surface area contributed by atoms with E-state index in [1.165, 1.54) is 0 Å². The molecule has 0 aliphatic carbocycles. The number of aliphatic imine (C=N–C) groups is 1. The third kappa shape index (κ3) is 5.30. The number of amides is 2. The molecular weight excluding hydrogens is 504 g/mol. The number of H-pyrrole nitrogens is 2. The van der Waals surface area contributed by atoms with Crippen molar-refractivity contribution in [3.05, 3.63) is 72.3 Å². The number of nitrogens with one attached hydrogen (secondary N) is 3. The molecule has 0 saturated carbocycles. The first-order valence-corrected chi connectivity index (χ1v) is 13.9. The van der Waals surface area contributed by atoms with E-state index in [4.69, 9.17) is 0 Å². The lowest BCUT2D eigenvalue weighted by Crippen LogP contribution is -2.15. The zero-order valence-electron chi connectivity index (χ0n) is 24.4. The van der Waals surface area contributed by atoms with E-state index in [9.17, 15) is 19.5 Å². The van der Waals surface area contributed by atoms with Gasteiger partial charge in [0.05, 0.1) is 5.71 Å². The predicted octanol–water partition coefficient (Wildman–Crippen LogP) is 4.05. The van der Waals surface area contributed by atoms with E-state index in [1.807, 2.05) is 46.8 Å². The smallest absolute Gasteiger partial charge is 0.303 e. The molecule has 0 radical (unpaired) electrons. The molecule has 2 amide bonds. The molecule has 2 aromatic heterocycles. The van der Waals surface area contributed by atoms with Crippen LogP contribution in [0.25, 0.3) is 18.2 Å². The van der Waals surface area contributed by atoms with E-state index >= 15 is 0 Å². The summed E-state index contributed by atoms with van der Waals surface area (Å²) in [5, 5.41) is 14.2. The Labute approximate surface area is 234 Å². The summed E-state index contributed by atoms with van der Waals surface area (Å²) in [6, 6.07) is 0. The lowest BCUT2D eigenvalue weighted by atomic mass is 10.0. The number of aromatic nitrogens is 2.